The Morgan fingerprint density at radius 1 is 1.29 bits per heavy atom. The molecule has 0 N–H and O–H groups in total. The molecule has 0 unspecified atom stereocenters. The van der Waals surface area contributed by atoms with Gasteiger partial charge in [-0.2, -0.15) is 0 Å². The van der Waals surface area contributed by atoms with Gasteiger partial charge in [-0.3, -0.25) is 0 Å². The summed E-state index contributed by atoms with van der Waals surface area (Å²) in [6.45, 7) is 1.33. The first kappa shape index (κ1) is 11.2. The third-order valence-corrected chi connectivity index (χ3v) is 2.47. The van der Waals surface area contributed by atoms with Crippen molar-refractivity contribution < 1.29 is 0 Å². The van der Waals surface area contributed by atoms with Crippen LogP contribution in [0, 0.1) is 0 Å². The topological polar surface area (TPSA) is 66.6 Å². The minimum atomic E-state index is 0.517. The van der Waals surface area contributed by atoms with Crippen molar-refractivity contribution in [1.82, 2.24) is 9.55 Å². The Morgan fingerprint density at radius 3 is 2.88 bits per heavy atom. The molecule has 0 aliphatic carbocycles. The van der Waals surface area contributed by atoms with E-state index in [1.54, 1.807) is 6.20 Å². The summed E-state index contributed by atoms with van der Waals surface area (Å²) < 4.78 is 2.07. The van der Waals surface area contributed by atoms with Crippen LogP contribution >= 0.6 is 0 Å². The first-order chi connectivity index (χ1) is 8.42. The summed E-state index contributed by atoms with van der Waals surface area (Å²) in [6, 6.07) is 10.0. The lowest BCUT2D eigenvalue weighted by Gasteiger charge is -2.06. The smallest absolute Gasteiger partial charge is 0.139 e. The van der Waals surface area contributed by atoms with Gasteiger partial charge in [0.1, 0.15) is 5.82 Å². The number of benzene rings is 1. The number of hydrogen-bond donors (Lipinski definition) is 0. The van der Waals surface area contributed by atoms with E-state index in [-0.39, 0.29) is 0 Å². The third-order valence-electron chi connectivity index (χ3n) is 2.47. The van der Waals surface area contributed by atoms with Crippen LogP contribution in [0.4, 0.5) is 0 Å². The molecule has 0 aliphatic heterocycles. The van der Waals surface area contributed by atoms with E-state index >= 15 is 0 Å². The summed E-state index contributed by atoms with van der Waals surface area (Å²) in [5.74, 6) is 0.950. The minimum absolute atomic E-state index is 0.517. The average molecular weight is 227 g/mol. The van der Waals surface area contributed by atoms with E-state index in [2.05, 4.69) is 19.6 Å². The molecule has 1 heterocycles. The molecule has 86 valence electrons. The van der Waals surface area contributed by atoms with Crippen molar-refractivity contribution in [2.45, 2.75) is 13.0 Å². The lowest BCUT2D eigenvalue weighted by molar-refractivity contribution is 0.655. The summed E-state index contributed by atoms with van der Waals surface area (Å²) in [5.41, 5.74) is 9.29. The molecule has 2 rings (SSSR count). The van der Waals surface area contributed by atoms with E-state index in [0.29, 0.717) is 6.54 Å². The zero-order valence-electron chi connectivity index (χ0n) is 9.40. The van der Waals surface area contributed by atoms with Gasteiger partial charge in [0.15, 0.2) is 0 Å². The largest absolute Gasteiger partial charge is 0.331 e. The number of aryl methyl sites for hydroxylation is 1. The second kappa shape index (κ2) is 5.72. The molecule has 1 aromatic carbocycles. The number of imidazole rings is 1. The average Bonchev–Trinajstić information content (AvgIpc) is 2.84. The summed E-state index contributed by atoms with van der Waals surface area (Å²) in [4.78, 5) is 7.08. The van der Waals surface area contributed by atoms with Gasteiger partial charge in [-0.25, -0.2) is 4.98 Å². The molecule has 0 amide bonds. The van der Waals surface area contributed by atoms with Gasteiger partial charge in [-0.05, 0) is 12.0 Å². The molecular formula is C12H13N5. The lowest BCUT2D eigenvalue weighted by atomic mass is 10.2. The molecular weight excluding hydrogens is 214 g/mol. The molecule has 0 saturated heterocycles. The molecule has 1 aromatic heterocycles. The van der Waals surface area contributed by atoms with Crippen LogP contribution in [0.5, 0.6) is 0 Å². The number of aromatic nitrogens is 2. The third kappa shape index (κ3) is 2.86. The van der Waals surface area contributed by atoms with Gasteiger partial charge in [-0.1, -0.05) is 35.4 Å². The number of rotatable bonds is 5. The van der Waals surface area contributed by atoms with Crippen molar-refractivity contribution in [3.05, 3.63) is 53.2 Å². The Balaban J connectivity index is 2.09. The van der Waals surface area contributed by atoms with Gasteiger partial charge in [0, 0.05) is 36.0 Å². The second-order valence-electron chi connectivity index (χ2n) is 3.62. The highest BCUT2D eigenvalue weighted by molar-refractivity contribution is 5.54. The van der Waals surface area contributed by atoms with Gasteiger partial charge >= 0.3 is 0 Å². The predicted octanol–water partition coefficient (Wildman–Crippen LogP) is 3.25. The molecule has 0 atom stereocenters. The molecule has 0 bridgehead atoms. The standard InChI is InChI=1S/C12H13N5/c13-16-15-7-4-9-17-10-8-14-12(17)11-5-2-1-3-6-11/h1-3,5-6,8,10H,4,7,9H2. The van der Waals surface area contributed by atoms with Gasteiger partial charge in [0.05, 0.1) is 0 Å². The van der Waals surface area contributed by atoms with E-state index in [9.17, 15) is 0 Å². The summed E-state index contributed by atoms with van der Waals surface area (Å²) in [7, 11) is 0. The molecule has 5 heteroatoms. The lowest BCUT2D eigenvalue weighted by Crippen LogP contribution is -2.00. The van der Waals surface area contributed by atoms with Gasteiger partial charge in [0.25, 0.3) is 0 Å². The van der Waals surface area contributed by atoms with Crippen LogP contribution in [0.25, 0.3) is 21.8 Å². The molecule has 0 saturated carbocycles. The Kier molecular flexibility index (Phi) is 3.78. The predicted molar refractivity (Wildman–Crippen MR) is 66.3 cm³/mol. The van der Waals surface area contributed by atoms with Crippen LogP contribution in [0.1, 0.15) is 6.42 Å². The van der Waals surface area contributed by atoms with E-state index in [0.717, 1.165) is 24.4 Å². The van der Waals surface area contributed by atoms with E-state index in [1.807, 2.05) is 36.5 Å². The normalized spacial score (nSPS) is 9.88. The molecule has 0 spiro atoms. The first-order valence-electron chi connectivity index (χ1n) is 5.49. The summed E-state index contributed by atoms with van der Waals surface area (Å²) in [5, 5.41) is 3.52. The van der Waals surface area contributed by atoms with Crippen molar-refractivity contribution in [3.8, 4) is 11.4 Å². The highest BCUT2D eigenvalue weighted by Crippen LogP contribution is 2.16. The van der Waals surface area contributed by atoms with Crippen LogP contribution in [-0.4, -0.2) is 16.1 Å². The Labute approximate surface area is 99.4 Å². The zero-order valence-corrected chi connectivity index (χ0v) is 9.40. The fraction of sp³-hybridized carbons (Fsp3) is 0.250. The van der Waals surface area contributed by atoms with Crippen LogP contribution in [0.15, 0.2) is 47.8 Å². The van der Waals surface area contributed by atoms with E-state index < -0.39 is 0 Å². The Hall–Kier alpha value is -2.26. The Morgan fingerprint density at radius 2 is 2.12 bits per heavy atom. The molecule has 5 nitrogen and oxygen atoms in total. The number of hydrogen-bond acceptors (Lipinski definition) is 2. The highest BCUT2D eigenvalue weighted by Gasteiger charge is 2.04. The van der Waals surface area contributed by atoms with Gasteiger partial charge in [0.2, 0.25) is 0 Å². The maximum Gasteiger partial charge on any atom is 0.139 e. The van der Waals surface area contributed by atoms with Crippen LogP contribution in [0.3, 0.4) is 0 Å². The molecule has 17 heavy (non-hydrogen) atoms. The fourth-order valence-corrected chi connectivity index (χ4v) is 1.69. The van der Waals surface area contributed by atoms with Crippen molar-refractivity contribution in [2.75, 3.05) is 6.54 Å². The SMILES string of the molecule is [N-]=[N+]=NCCCn1ccnc1-c1ccccc1. The minimum Gasteiger partial charge on any atom is -0.331 e. The van der Waals surface area contributed by atoms with Crippen molar-refractivity contribution in [2.24, 2.45) is 5.11 Å². The first-order valence-corrected chi connectivity index (χ1v) is 5.49. The number of azide groups is 1. The van der Waals surface area contributed by atoms with Crippen molar-refractivity contribution in [1.29, 1.82) is 0 Å². The highest BCUT2D eigenvalue weighted by atomic mass is 15.1. The van der Waals surface area contributed by atoms with Crippen molar-refractivity contribution in [3.63, 3.8) is 0 Å². The van der Waals surface area contributed by atoms with Crippen LogP contribution in [0.2, 0.25) is 0 Å². The van der Waals surface area contributed by atoms with Crippen LogP contribution < -0.4 is 0 Å². The van der Waals surface area contributed by atoms with Crippen LogP contribution in [-0.2, 0) is 6.54 Å². The van der Waals surface area contributed by atoms with Crippen molar-refractivity contribution >= 4 is 0 Å². The molecule has 0 fully saturated rings. The maximum absolute atomic E-state index is 8.20. The van der Waals surface area contributed by atoms with Gasteiger partial charge < -0.3 is 4.57 Å². The molecule has 0 aliphatic rings. The monoisotopic (exact) mass is 227 g/mol. The molecule has 0 radical (unpaired) electrons. The summed E-state index contributed by atoms with van der Waals surface area (Å²) >= 11 is 0. The Bertz CT molecular complexity index is 511. The fourth-order valence-electron chi connectivity index (χ4n) is 1.69. The number of nitrogens with zero attached hydrogens (tertiary/aromatic N) is 5. The maximum atomic E-state index is 8.20. The summed E-state index contributed by atoms with van der Waals surface area (Å²) in [6.07, 6.45) is 4.55. The molecule has 2 aromatic rings. The second-order valence-corrected chi connectivity index (χ2v) is 3.62. The van der Waals surface area contributed by atoms with E-state index in [4.69, 9.17) is 5.53 Å². The quantitative estimate of drug-likeness (QED) is 0.334. The zero-order chi connectivity index (χ0) is 11.9. The van der Waals surface area contributed by atoms with Gasteiger partial charge in [-0.15, -0.1) is 0 Å². The van der Waals surface area contributed by atoms with E-state index in [1.165, 1.54) is 0 Å².